The molecule has 4 heteroatoms. The van der Waals surface area contributed by atoms with Crippen LogP contribution in [0, 0.1) is 0 Å². The zero-order valence-electron chi connectivity index (χ0n) is 11.8. The van der Waals surface area contributed by atoms with Crippen molar-refractivity contribution in [3.63, 3.8) is 0 Å². The summed E-state index contributed by atoms with van der Waals surface area (Å²) in [6, 6.07) is 5.12. The average Bonchev–Trinajstić information content (AvgIpc) is 2.39. The molecule has 0 atom stereocenters. The van der Waals surface area contributed by atoms with E-state index in [9.17, 15) is 4.79 Å². The predicted molar refractivity (Wildman–Crippen MR) is 75.8 cm³/mol. The number of carbonyl (C=O) groups excluding carboxylic acids is 1. The Morgan fingerprint density at radius 2 is 1.47 bits per heavy atom. The first kappa shape index (κ1) is 15.3. The molecule has 0 fully saturated rings. The molecule has 19 heavy (non-hydrogen) atoms. The summed E-state index contributed by atoms with van der Waals surface area (Å²) in [6.07, 6.45) is 4.09. The van der Waals surface area contributed by atoms with Crippen LogP contribution >= 0.6 is 0 Å². The molecule has 0 saturated heterocycles. The van der Waals surface area contributed by atoms with E-state index in [2.05, 4.69) is 13.8 Å². The Bertz CT molecular complexity index is 376. The van der Waals surface area contributed by atoms with E-state index in [1.54, 1.807) is 18.2 Å². The van der Waals surface area contributed by atoms with Gasteiger partial charge >= 0.3 is 0 Å². The van der Waals surface area contributed by atoms with Crippen molar-refractivity contribution in [1.29, 1.82) is 0 Å². The number of hydrogen-bond acceptors (Lipinski definition) is 3. The topological polar surface area (TPSA) is 61.6 Å². The minimum Gasteiger partial charge on any atom is -0.493 e. The Labute approximate surface area is 114 Å². The molecular weight excluding hydrogens is 242 g/mol. The summed E-state index contributed by atoms with van der Waals surface area (Å²) >= 11 is 0. The van der Waals surface area contributed by atoms with Gasteiger partial charge in [0.15, 0.2) is 0 Å². The van der Waals surface area contributed by atoms with Crippen LogP contribution in [0.25, 0.3) is 0 Å². The summed E-state index contributed by atoms with van der Waals surface area (Å²) in [5.41, 5.74) is 5.73. The lowest BCUT2D eigenvalue weighted by molar-refractivity contribution is 0.0999. The van der Waals surface area contributed by atoms with Crippen molar-refractivity contribution in [3.05, 3.63) is 23.8 Å². The molecule has 0 bridgehead atoms. The molecule has 0 aliphatic carbocycles. The van der Waals surface area contributed by atoms with Gasteiger partial charge in [-0.25, -0.2) is 0 Å². The minimum absolute atomic E-state index is 0.417. The third kappa shape index (κ3) is 5.64. The number of nitrogens with two attached hydrogens (primary N) is 1. The summed E-state index contributed by atoms with van der Waals surface area (Å²) in [5, 5.41) is 0. The third-order valence-electron chi connectivity index (χ3n) is 2.70. The first-order chi connectivity index (χ1) is 9.17. The highest BCUT2D eigenvalue weighted by molar-refractivity contribution is 5.93. The molecule has 0 aliphatic heterocycles. The van der Waals surface area contributed by atoms with Crippen molar-refractivity contribution >= 4 is 5.91 Å². The van der Waals surface area contributed by atoms with Crippen LogP contribution in [0.3, 0.4) is 0 Å². The Hall–Kier alpha value is -1.71. The fourth-order valence-electron chi connectivity index (χ4n) is 1.55. The fraction of sp³-hybridized carbons (Fsp3) is 0.533. The maximum Gasteiger partial charge on any atom is 0.248 e. The van der Waals surface area contributed by atoms with Gasteiger partial charge < -0.3 is 15.2 Å². The molecule has 0 spiro atoms. The van der Waals surface area contributed by atoms with Crippen LogP contribution in [0.15, 0.2) is 18.2 Å². The Balaban J connectivity index is 2.75. The Morgan fingerprint density at radius 3 is 1.84 bits per heavy atom. The molecule has 1 aromatic rings. The molecule has 0 saturated carbocycles. The van der Waals surface area contributed by atoms with Crippen molar-refractivity contribution in [2.45, 2.75) is 39.5 Å². The Morgan fingerprint density at radius 1 is 1.00 bits per heavy atom. The summed E-state index contributed by atoms with van der Waals surface area (Å²) in [6.45, 7) is 5.46. The van der Waals surface area contributed by atoms with Crippen LogP contribution < -0.4 is 15.2 Å². The van der Waals surface area contributed by atoms with Crippen molar-refractivity contribution in [3.8, 4) is 11.5 Å². The van der Waals surface area contributed by atoms with Crippen molar-refractivity contribution < 1.29 is 14.3 Å². The smallest absolute Gasteiger partial charge is 0.248 e. The minimum atomic E-state index is -0.471. The second kappa shape index (κ2) is 8.40. The summed E-state index contributed by atoms with van der Waals surface area (Å²) in [7, 11) is 0. The van der Waals surface area contributed by atoms with Gasteiger partial charge in [0.1, 0.15) is 11.5 Å². The fourth-order valence-corrected chi connectivity index (χ4v) is 1.55. The molecule has 0 heterocycles. The number of amides is 1. The van der Waals surface area contributed by atoms with Crippen molar-refractivity contribution in [1.82, 2.24) is 0 Å². The first-order valence-electron chi connectivity index (χ1n) is 6.87. The molecule has 0 unspecified atom stereocenters. The van der Waals surface area contributed by atoms with Gasteiger partial charge in [0, 0.05) is 11.6 Å². The largest absolute Gasteiger partial charge is 0.493 e. The molecule has 1 aromatic carbocycles. The van der Waals surface area contributed by atoms with Gasteiger partial charge in [0.05, 0.1) is 13.2 Å². The first-order valence-corrected chi connectivity index (χ1v) is 6.87. The number of benzene rings is 1. The number of carbonyl (C=O) groups is 1. The molecule has 106 valence electrons. The number of ether oxygens (including phenoxy) is 2. The second-order valence-electron chi connectivity index (χ2n) is 4.46. The van der Waals surface area contributed by atoms with Gasteiger partial charge in [0.25, 0.3) is 0 Å². The van der Waals surface area contributed by atoms with Crippen LogP contribution in [-0.4, -0.2) is 19.1 Å². The zero-order chi connectivity index (χ0) is 14.1. The molecule has 4 nitrogen and oxygen atoms in total. The predicted octanol–water partition coefficient (Wildman–Crippen LogP) is 3.14. The van der Waals surface area contributed by atoms with Gasteiger partial charge in [-0.3, -0.25) is 4.79 Å². The number of unbranched alkanes of at least 4 members (excludes halogenated alkanes) is 2. The molecule has 0 aromatic heterocycles. The lowest BCUT2D eigenvalue weighted by Gasteiger charge is -2.11. The average molecular weight is 265 g/mol. The molecule has 1 amide bonds. The number of primary amides is 1. The van der Waals surface area contributed by atoms with Crippen LogP contribution in [-0.2, 0) is 0 Å². The van der Waals surface area contributed by atoms with E-state index in [0.29, 0.717) is 30.3 Å². The maximum atomic E-state index is 11.3. The molecule has 1 rings (SSSR count). The van der Waals surface area contributed by atoms with E-state index in [-0.39, 0.29) is 0 Å². The maximum absolute atomic E-state index is 11.3. The van der Waals surface area contributed by atoms with E-state index in [0.717, 1.165) is 25.7 Å². The van der Waals surface area contributed by atoms with Crippen molar-refractivity contribution in [2.24, 2.45) is 5.73 Å². The van der Waals surface area contributed by atoms with Crippen LogP contribution in [0.5, 0.6) is 11.5 Å². The summed E-state index contributed by atoms with van der Waals surface area (Å²) < 4.78 is 11.2. The lowest BCUT2D eigenvalue weighted by atomic mass is 10.2. The van der Waals surface area contributed by atoms with Gasteiger partial charge in [0.2, 0.25) is 5.91 Å². The van der Waals surface area contributed by atoms with E-state index < -0.39 is 5.91 Å². The van der Waals surface area contributed by atoms with E-state index >= 15 is 0 Å². The number of rotatable bonds is 9. The SMILES string of the molecule is CCCCOc1cc(OCCCC)cc(C(N)=O)c1. The lowest BCUT2D eigenvalue weighted by Crippen LogP contribution is -2.11. The normalized spacial score (nSPS) is 10.2. The van der Waals surface area contributed by atoms with Gasteiger partial charge in [-0.05, 0) is 25.0 Å². The highest BCUT2D eigenvalue weighted by atomic mass is 16.5. The monoisotopic (exact) mass is 265 g/mol. The van der Waals surface area contributed by atoms with Gasteiger partial charge in [-0.15, -0.1) is 0 Å². The van der Waals surface area contributed by atoms with Crippen LogP contribution in [0.2, 0.25) is 0 Å². The summed E-state index contributed by atoms with van der Waals surface area (Å²) in [5.74, 6) is 0.800. The quantitative estimate of drug-likeness (QED) is 0.698. The highest BCUT2D eigenvalue weighted by Crippen LogP contribution is 2.23. The highest BCUT2D eigenvalue weighted by Gasteiger charge is 2.07. The van der Waals surface area contributed by atoms with Crippen LogP contribution in [0.1, 0.15) is 49.9 Å². The molecule has 2 N–H and O–H groups in total. The molecular formula is C15H23NO3. The molecule has 0 aliphatic rings. The molecule has 0 radical (unpaired) electrons. The van der Waals surface area contributed by atoms with E-state index in [1.807, 2.05) is 0 Å². The zero-order valence-corrected chi connectivity index (χ0v) is 11.8. The van der Waals surface area contributed by atoms with E-state index in [4.69, 9.17) is 15.2 Å². The second-order valence-corrected chi connectivity index (χ2v) is 4.46. The number of hydrogen-bond donors (Lipinski definition) is 1. The van der Waals surface area contributed by atoms with Gasteiger partial charge in [-0.1, -0.05) is 26.7 Å². The Kier molecular flexibility index (Phi) is 6.79. The van der Waals surface area contributed by atoms with Crippen LogP contribution in [0.4, 0.5) is 0 Å². The third-order valence-corrected chi connectivity index (χ3v) is 2.70. The van der Waals surface area contributed by atoms with Gasteiger partial charge in [-0.2, -0.15) is 0 Å². The van der Waals surface area contributed by atoms with Crippen molar-refractivity contribution in [2.75, 3.05) is 13.2 Å². The van der Waals surface area contributed by atoms with E-state index in [1.165, 1.54) is 0 Å². The standard InChI is InChI=1S/C15H23NO3/c1-3-5-7-18-13-9-12(15(16)17)10-14(11-13)19-8-6-4-2/h9-11H,3-8H2,1-2H3,(H2,16,17). The summed E-state index contributed by atoms with van der Waals surface area (Å²) in [4.78, 5) is 11.3.